The molecular weight excluding hydrogens is 373 g/mol. The molecule has 1 unspecified atom stereocenters. The Kier molecular flexibility index (Phi) is 4.31. The molecule has 0 saturated carbocycles. The molecular formula is C20H20FN7O. The second-order valence-corrected chi connectivity index (χ2v) is 7.35. The van der Waals surface area contributed by atoms with Gasteiger partial charge in [0.15, 0.2) is 11.6 Å². The van der Waals surface area contributed by atoms with E-state index in [-0.39, 0.29) is 12.1 Å². The highest BCUT2D eigenvalue weighted by Crippen LogP contribution is 2.34. The second kappa shape index (κ2) is 7.00. The number of anilines is 2. The van der Waals surface area contributed by atoms with E-state index in [2.05, 4.69) is 29.8 Å². The topological polar surface area (TPSA) is 91.2 Å². The summed E-state index contributed by atoms with van der Waals surface area (Å²) in [5, 5.41) is 9.54. The Hall–Kier alpha value is -3.20. The fraction of sp³-hybridized carbons (Fsp3) is 0.350. The van der Waals surface area contributed by atoms with Crippen LogP contribution < -0.4 is 9.80 Å². The van der Waals surface area contributed by atoms with Crippen LogP contribution in [0, 0.1) is 5.95 Å². The Balaban J connectivity index is 1.44. The van der Waals surface area contributed by atoms with Gasteiger partial charge in [-0.3, -0.25) is 0 Å². The maximum atomic E-state index is 14.2. The van der Waals surface area contributed by atoms with Crippen molar-refractivity contribution >= 4 is 11.5 Å². The van der Waals surface area contributed by atoms with Gasteiger partial charge in [-0.2, -0.15) is 4.39 Å². The smallest absolute Gasteiger partial charge is 0.216 e. The molecule has 8 nitrogen and oxygen atoms in total. The largest absolute Gasteiger partial charge is 0.389 e. The highest BCUT2D eigenvalue weighted by atomic mass is 19.1. The minimum atomic E-state index is -0.523. The molecule has 1 fully saturated rings. The first-order valence-corrected chi connectivity index (χ1v) is 9.59. The summed E-state index contributed by atoms with van der Waals surface area (Å²) in [6, 6.07) is 4.99. The van der Waals surface area contributed by atoms with Gasteiger partial charge in [-0.1, -0.05) is 0 Å². The Labute approximate surface area is 167 Å². The van der Waals surface area contributed by atoms with E-state index in [9.17, 15) is 9.50 Å². The van der Waals surface area contributed by atoms with Crippen LogP contribution in [0.1, 0.15) is 24.2 Å². The van der Waals surface area contributed by atoms with Gasteiger partial charge < -0.3 is 14.9 Å². The highest BCUT2D eigenvalue weighted by molar-refractivity contribution is 5.58. The molecule has 5 rings (SSSR count). The van der Waals surface area contributed by atoms with E-state index in [4.69, 9.17) is 0 Å². The van der Waals surface area contributed by atoms with Crippen molar-refractivity contribution in [3.05, 3.63) is 54.0 Å². The van der Waals surface area contributed by atoms with Gasteiger partial charge in [0.2, 0.25) is 5.95 Å². The fourth-order valence-corrected chi connectivity index (χ4v) is 3.86. The van der Waals surface area contributed by atoms with Crippen molar-refractivity contribution in [2.24, 2.45) is 0 Å². The number of hydrogen-bond donors (Lipinski definition) is 1. The van der Waals surface area contributed by atoms with E-state index in [0.717, 1.165) is 16.9 Å². The number of aromatic nitrogens is 5. The van der Waals surface area contributed by atoms with E-state index in [1.807, 2.05) is 17.9 Å². The summed E-state index contributed by atoms with van der Waals surface area (Å²) in [6.45, 7) is 3.73. The number of rotatable bonds is 3. The van der Waals surface area contributed by atoms with Crippen molar-refractivity contribution in [1.29, 1.82) is 0 Å². The zero-order valence-electron chi connectivity index (χ0n) is 15.9. The molecule has 1 saturated heterocycles. The molecule has 3 aromatic heterocycles. The van der Waals surface area contributed by atoms with Crippen LogP contribution in [-0.2, 0) is 6.42 Å². The number of fused-ring (bicyclic) bond motifs is 1. The Bertz CT molecular complexity index is 1040. The molecule has 0 aliphatic carbocycles. The standard InChI is InChI=1S/C20H20FN7O/c1-12-15-9-24-20(19-22-4-2-5-23-19)25-16(15)3-6-28(12)18-8-13(7-17(21)26-18)27-10-14(29)11-27/h2,4-5,7-9,12,14,29H,3,6,10-11H2,1H3. The number of halogens is 1. The van der Waals surface area contributed by atoms with Gasteiger partial charge in [-0.15, -0.1) is 0 Å². The van der Waals surface area contributed by atoms with Crippen LogP contribution in [0.3, 0.4) is 0 Å². The van der Waals surface area contributed by atoms with Crippen molar-refractivity contribution in [2.75, 3.05) is 29.4 Å². The molecule has 5 heterocycles. The van der Waals surface area contributed by atoms with Crippen molar-refractivity contribution in [1.82, 2.24) is 24.9 Å². The lowest BCUT2D eigenvalue weighted by atomic mass is 9.99. The van der Waals surface area contributed by atoms with Gasteiger partial charge in [-0.05, 0) is 13.0 Å². The normalized spacial score (nSPS) is 19.1. The first kappa shape index (κ1) is 17.9. The predicted molar refractivity (Wildman–Crippen MR) is 105 cm³/mol. The van der Waals surface area contributed by atoms with Crippen LogP contribution in [-0.4, -0.2) is 55.8 Å². The third-order valence-electron chi connectivity index (χ3n) is 5.46. The number of nitrogens with zero attached hydrogens (tertiary/aromatic N) is 7. The van der Waals surface area contributed by atoms with E-state index in [1.165, 1.54) is 6.07 Å². The SMILES string of the molecule is CC1c2cnc(-c3ncccn3)nc2CCN1c1cc(N2CC(O)C2)cc(F)n1. The molecule has 3 aromatic rings. The molecule has 0 aromatic carbocycles. The molecule has 2 aliphatic rings. The lowest BCUT2D eigenvalue weighted by Gasteiger charge is -2.39. The summed E-state index contributed by atoms with van der Waals surface area (Å²) in [7, 11) is 0. The van der Waals surface area contributed by atoms with Crippen molar-refractivity contribution in [2.45, 2.75) is 25.5 Å². The molecule has 2 aliphatic heterocycles. The molecule has 1 atom stereocenters. The van der Waals surface area contributed by atoms with Crippen LogP contribution >= 0.6 is 0 Å². The summed E-state index contributed by atoms with van der Waals surface area (Å²) in [5.41, 5.74) is 2.68. The summed E-state index contributed by atoms with van der Waals surface area (Å²) < 4.78 is 14.2. The zero-order chi connectivity index (χ0) is 20.0. The Morgan fingerprint density at radius 3 is 2.62 bits per heavy atom. The predicted octanol–water partition coefficient (Wildman–Crippen LogP) is 1.77. The van der Waals surface area contributed by atoms with Gasteiger partial charge >= 0.3 is 0 Å². The molecule has 1 N–H and O–H groups in total. The van der Waals surface area contributed by atoms with Crippen LogP contribution in [0.5, 0.6) is 0 Å². The lowest BCUT2D eigenvalue weighted by molar-refractivity contribution is 0.142. The first-order chi connectivity index (χ1) is 14.1. The molecule has 29 heavy (non-hydrogen) atoms. The van der Waals surface area contributed by atoms with Gasteiger partial charge in [0.05, 0.1) is 17.8 Å². The van der Waals surface area contributed by atoms with Gasteiger partial charge in [0.1, 0.15) is 5.82 Å². The molecule has 9 heteroatoms. The maximum absolute atomic E-state index is 14.2. The van der Waals surface area contributed by atoms with Crippen molar-refractivity contribution in [3.63, 3.8) is 0 Å². The third kappa shape index (κ3) is 3.27. The van der Waals surface area contributed by atoms with E-state index < -0.39 is 5.95 Å². The molecule has 0 bridgehead atoms. The lowest BCUT2D eigenvalue weighted by Crippen LogP contribution is -2.51. The fourth-order valence-electron chi connectivity index (χ4n) is 3.86. The summed E-state index contributed by atoms with van der Waals surface area (Å²) >= 11 is 0. The van der Waals surface area contributed by atoms with E-state index >= 15 is 0 Å². The summed E-state index contributed by atoms with van der Waals surface area (Å²) in [5.74, 6) is 1.06. The summed E-state index contributed by atoms with van der Waals surface area (Å²) in [4.78, 5) is 25.7. The van der Waals surface area contributed by atoms with Crippen molar-refractivity contribution < 1.29 is 9.50 Å². The monoisotopic (exact) mass is 393 g/mol. The van der Waals surface area contributed by atoms with Crippen LogP contribution in [0.4, 0.5) is 15.9 Å². The zero-order valence-corrected chi connectivity index (χ0v) is 15.9. The third-order valence-corrected chi connectivity index (χ3v) is 5.46. The van der Waals surface area contributed by atoms with E-state index in [1.54, 1.807) is 24.7 Å². The summed E-state index contributed by atoms with van der Waals surface area (Å²) in [6.07, 6.45) is 5.48. The second-order valence-electron chi connectivity index (χ2n) is 7.35. The van der Waals surface area contributed by atoms with E-state index in [0.29, 0.717) is 43.5 Å². The first-order valence-electron chi connectivity index (χ1n) is 9.59. The minimum Gasteiger partial charge on any atom is -0.389 e. The van der Waals surface area contributed by atoms with Crippen LogP contribution in [0.25, 0.3) is 11.6 Å². The number of pyridine rings is 1. The number of aliphatic hydroxyl groups is 1. The van der Waals surface area contributed by atoms with Gasteiger partial charge in [0.25, 0.3) is 0 Å². The minimum absolute atomic E-state index is 0.0476. The average molecular weight is 393 g/mol. The number of hydrogen-bond acceptors (Lipinski definition) is 8. The number of aliphatic hydroxyl groups excluding tert-OH is 1. The average Bonchev–Trinajstić information content (AvgIpc) is 2.71. The van der Waals surface area contributed by atoms with Gasteiger partial charge in [-0.25, -0.2) is 24.9 Å². The molecule has 0 radical (unpaired) electrons. The molecule has 148 valence electrons. The molecule has 0 amide bonds. The van der Waals surface area contributed by atoms with Crippen LogP contribution in [0.15, 0.2) is 36.8 Å². The quantitative estimate of drug-likeness (QED) is 0.674. The van der Waals surface area contributed by atoms with Gasteiger partial charge in [0, 0.05) is 68.0 Å². The maximum Gasteiger partial charge on any atom is 0.216 e. The van der Waals surface area contributed by atoms with Crippen LogP contribution in [0.2, 0.25) is 0 Å². The number of β-amino-alcohol motifs (C(OH)–C–C–N with tert-alkyl or cyclic N) is 1. The molecule has 0 spiro atoms. The highest BCUT2D eigenvalue weighted by Gasteiger charge is 2.30. The Morgan fingerprint density at radius 1 is 1.07 bits per heavy atom. The van der Waals surface area contributed by atoms with Crippen molar-refractivity contribution in [3.8, 4) is 11.6 Å². The Morgan fingerprint density at radius 2 is 1.86 bits per heavy atom.